The molecule has 44 heavy (non-hydrogen) atoms. The predicted molar refractivity (Wildman–Crippen MR) is 169 cm³/mol. The number of hydrogen-bond acceptors (Lipinski definition) is 5. The van der Waals surface area contributed by atoms with Crippen LogP contribution in [0.15, 0.2) is 71.1 Å². The van der Waals surface area contributed by atoms with Crippen molar-refractivity contribution in [1.29, 1.82) is 0 Å². The van der Waals surface area contributed by atoms with Gasteiger partial charge in [0.2, 0.25) is 11.8 Å². The average molecular weight is 605 g/mol. The fraction of sp³-hybridized carbons (Fsp3) is 0.371. The third kappa shape index (κ3) is 6.77. The number of carbonyl (C=O) groups is 1. The van der Waals surface area contributed by atoms with Crippen molar-refractivity contribution < 1.29 is 22.4 Å². The maximum absolute atomic E-state index is 13.4. The van der Waals surface area contributed by atoms with E-state index in [-0.39, 0.29) is 23.3 Å². The summed E-state index contributed by atoms with van der Waals surface area (Å²) >= 11 is 0. The van der Waals surface area contributed by atoms with Gasteiger partial charge < -0.3 is 19.5 Å². The lowest BCUT2D eigenvalue weighted by atomic mass is 9.87. The minimum atomic E-state index is -4.40. The van der Waals surface area contributed by atoms with Crippen molar-refractivity contribution in [3.8, 4) is 22.8 Å². The van der Waals surface area contributed by atoms with Crippen molar-refractivity contribution in [3.63, 3.8) is 0 Å². The van der Waals surface area contributed by atoms with Gasteiger partial charge in [-0.25, -0.2) is 4.98 Å². The van der Waals surface area contributed by atoms with E-state index in [9.17, 15) is 18.0 Å². The number of anilines is 2. The summed E-state index contributed by atoms with van der Waals surface area (Å²) in [5.74, 6) is 1.13. The SMILES string of the molecule is CNc1ccc(-c2oc(-c3ccc(C(C)(C)C)cc3)nc2CCC(=O)N2CCN(c3cccc(C(F)(F)F)c3C)CC2)cc1. The molecule has 1 aliphatic heterocycles. The van der Waals surface area contributed by atoms with Gasteiger partial charge in [-0.3, -0.25) is 4.79 Å². The molecule has 5 rings (SSSR count). The van der Waals surface area contributed by atoms with Crippen LogP contribution < -0.4 is 10.2 Å². The number of nitrogens with zero attached hydrogens (tertiary/aromatic N) is 3. The quantitative estimate of drug-likeness (QED) is 0.232. The maximum atomic E-state index is 13.4. The Morgan fingerprint density at radius 2 is 1.55 bits per heavy atom. The molecule has 0 unspecified atom stereocenters. The van der Waals surface area contributed by atoms with Crippen molar-refractivity contribution in [2.45, 2.75) is 52.1 Å². The summed E-state index contributed by atoms with van der Waals surface area (Å²) in [5, 5.41) is 3.12. The summed E-state index contributed by atoms with van der Waals surface area (Å²) in [6, 6.07) is 20.4. The number of amides is 1. The van der Waals surface area contributed by atoms with E-state index in [1.165, 1.54) is 18.6 Å². The van der Waals surface area contributed by atoms with E-state index >= 15 is 0 Å². The molecule has 1 saturated heterocycles. The van der Waals surface area contributed by atoms with Gasteiger partial charge in [0.25, 0.3) is 0 Å². The largest absolute Gasteiger partial charge is 0.436 e. The second-order valence-electron chi connectivity index (χ2n) is 12.3. The number of hydrogen-bond donors (Lipinski definition) is 1. The number of piperazine rings is 1. The third-order valence-corrected chi connectivity index (χ3v) is 8.29. The Morgan fingerprint density at radius 1 is 0.909 bits per heavy atom. The van der Waals surface area contributed by atoms with E-state index in [1.807, 2.05) is 48.3 Å². The van der Waals surface area contributed by atoms with Crippen LogP contribution in [0.5, 0.6) is 0 Å². The molecule has 0 atom stereocenters. The van der Waals surface area contributed by atoms with E-state index in [1.54, 1.807) is 11.0 Å². The van der Waals surface area contributed by atoms with Gasteiger partial charge in [-0.15, -0.1) is 0 Å². The van der Waals surface area contributed by atoms with E-state index in [2.05, 4.69) is 38.2 Å². The van der Waals surface area contributed by atoms with Crippen molar-refractivity contribution >= 4 is 17.3 Å². The third-order valence-electron chi connectivity index (χ3n) is 8.29. The highest BCUT2D eigenvalue weighted by Crippen LogP contribution is 2.36. The van der Waals surface area contributed by atoms with E-state index in [0.29, 0.717) is 55.6 Å². The van der Waals surface area contributed by atoms with Crippen LogP contribution in [0.2, 0.25) is 0 Å². The van der Waals surface area contributed by atoms with Crippen molar-refractivity contribution in [2.24, 2.45) is 0 Å². The number of aromatic nitrogens is 1. The van der Waals surface area contributed by atoms with Gasteiger partial charge in [-0.05, 0) is 72.0 Å². The van der Waals surface area contributed by atoms with E-state index < -0.39 is 11.7 Å². The molecule has 1 aliphatic rings. The molecule has 6 nitrogen and oxygen atoms in total. The second kappa shape index (κ2) is 12.4. The Balaban J connectivity index is 1.30. The minimum absolute atomic E-state index is 0.0130. The summed E-state index contributed by atoms with van der Waals surface area (Å²) < 4.78 is 46.6. The van der Waals surface area contributed by atoms with Crippen LogP contribution >= 0.6 is 0 Å². The summed E-state index contributed by atoms with van der Waals surface area (Å²) in [4.78, 5) is 21.9. The number of benzene rings is 3. The minimum Gasteiger partial charge on any atom is -0.436 e. The molecule has 4 aromatic rings. The fourth-order valence-electron chi connectivity index (χ4n) is 5.62. The zero-order valence-corrected chi connectivity index (χ0v) is 25.9. The number of halogens is 3. The molecule has 2 heterocycles. The first kappa shape index (κ1) is 31.2. The number of nitrogens with one attached hydrogen (secondary N) is 1. The molecule has 1 amide bonds. The second-order valence-corrected chi connectivity index (χ2v) is 12.3. The summed E-state index contributed by atoms with van der Waals surface area (Å²) in [7, 11) is 1.86. The van der Waals surface area contributed by atoms with Gasteiger partial charge in [-0.2, -0.15) is 13.2 Å². The summed E-state index contributed by atoms with van der Waals surface area (Å²) in [6.07, 6.45) is -3.75. The molecule has 0 spiro atoms. The molecule has 0 bridgehead atoms. The maximum Gasteiger partial charge on any atom is 0.416 e. The van der Waals surface area contributed by atoms with Crippen molar-refractivity contribution in [1.82, 2.24) is 9.88 Å². The van der Waals surface area contributed by atoms with E-state index in [4.69, 9.17) is 9.40 Å². The van der Waals surface area contributed by atoms with Gasteiger partial charge in [0.1, 0.15) is 0 Å². The van der Waals surface area contributed by atoms with Gasteiger partial charge in [0.05, 0.1) is 11.3 Å². The lowest BCUT2D eigenvalue weighted by molar-refractivity contribution is -0.138. The highest BCUT2D eigenvalue weighted by molar-refractivity contribution is 5.77. The topological polar surface area (TPSA) is 61.6 Å². The van der Waals surface area contributed by atoms with Crippen LogP contribution in [0, 0.1) is 6.92 Å². The molecule has 1 N–H and O–H groups in total. The van der Waals surface area contributed by atoms with Crippen LogP contribution in [0.4, 0.5) is 24.5 Å². The standard InChI is InChI=1S/C35H39F3N4O2/c1-23-28(35(36,37)38)7-6-8-30(23)41-19-21-42(22-20-41)31(43)18-17-29-32(24-11-15-27(39-5)16-12-24)44-33(40-29)25-9-13-26(14-10-25)34(2,3)4/h6-16,39H,17-22H2,1-5H3. The summed E-state index contributed by atoms with van der Waals surface area (Å²) in [5.41, 5.74) is 4.82. The molecule has 232 valence electrons. The number of rotatable bonds is 7. The first-order valence-electron chi connectivity index (χ1n) is 14.9. The molecule has 0 aliphatic carbocycles. The van der Waals surface area contributed by atoms with Gasteiger partial charge in [-0.1, -0.05) is 39.0 Å². The Morgan fingerprint density at radius 3 is 2.14 bits per heavy atom. The fourth-order valence-corrected chi connectivity index (χ4v) is 5.62. The predicted octanol–water partition coefficient (Wildman–Crippen LogP) is 7.96. The van der Waals surface area contributed by atoms with Crippen LogP contribution in [-0.2, 0) is 22.8 Å². The first-order chi connectivity index (χ1) is 20.8. The molecule has 9 heteroatoms. The highest BCUT2D eigenvalue weighted by atomic mass is 19.4. The van der Waals surface area contributed by atoms with E-state index in [0.717, 1.165) is 22.9 Å². The Kier molecular flexibility index (Phi) is 8.77. The molecule has 0 radical (unpaired) electrons. The van der Waals surface area contributed by atoms with Gasteiger partial charge in [0.15, 0.2) is 5.76 Å². The van der Waals surface area contributed by atoms with Crippen molar-refractivity contribution in [3.05, 3.63) is 89.1 Å². The Labute approximate surface area is 256 Å². The van der Waals surface area contributed by atoms with Crippen molar-refractivity contribution in [2.75, 3.05) is 43.4 Å². The highest BCUT2D eigenvalue weighted by Gasteiger charge is 2.34. The lowest BCUT2D eigenvalue weighted by Crippen LogP contribution is -2.49. The average Bonchev–Trinajstić information content (AvgIpc) is 3.43. The van der Waals surface area contributed by atoms with Crippen LogP contribution in [0.1, 0.15) is 49.6 Å². The zero-order chi connectivity index (χ0) is 31.6. The Hall–Kier alpha value is -4.27. The van der Waals surface area contributed by atoms with Crippen LogP contribution in [0.3, 0.4) is 0 Å². The smallest absolute Gasteiger partial charge is 0.416 e. The van der Waals surface area contributed by atoms with Crippen LogP contribution in [0.25, 0.3) is 22.8 Å². The first-order valence-corrected chi connectivity index (χ1v) is 14.9. The molecular formula is C35H39F3N4O2. The number of oxazole rings is 1. The summed E-state index contributed by atoms with van der Waals surface area (Å²) in [6.45, 7) is 9.83. The monoisotopic (exact) mass is 604 g/mol. The molecule has 1 aromatic heterocycles. The molecule has 3 aromatic carbocycles. The number of aryl methyl sites for hydroxylation is 1. The Bertz CT molecular complexity index is 1600. The lowest BCUT2D eigenvalue weighted by Gasteiger charge is -2.37. The van der Waals surface area contributed by atoms with Crippen LogP contribution in [-0.4, -0.2) is 49.0 Å². The molecule has 1 fully saturated rings. The van der Waals surface area contributed by atoms with Gasteiger partial charge >= 0.3 is 6.18 Å². The number of carbonyl (C=O) groups excluding carboxylic acids is 1. The zero-order valence-electron chi connectivity index (χ0n) is 25.9. The molecular weight excluding hydrogens is 565 g/mol. The number of alkyl halides is 3. The normalized spacial score (nSPS) is 14.2. The molecule has 0 saturated carbocycles. The van der Waals surface area contributed by atoms with Gasteiger partial charge in [0, 0.05) is 68.6 Å².